The molecule has 0 spiro atoms. The van der Waals surface area contributed by atoms with Crippen molar-refractivity contribution in [2.24, 2.45) is 22.2 Å². The van der Waals surface area contributed by atoms with Crippen molar-refractivity contribution in [2.75, 3.05) is 13.1 Å². The highest BCUT2D eigenvalue weighted by Gasteiger charge is 2.22. The Bertz CT molecular complexity index is 258. The maximum absolute atomic E-state index is 8.69. The van der Waals surface area contributed by atoms with Crippen LogP contribution in [0, 0.1) is 11.3 Å². The van der Waals surface area contributed by atoms with Crippen LogP contribution in [0.15, 0.2) is 5.16 Å². The first-order valence-corrected chi connectivity index (χ1v) is 7.25. The van der Waals surface area contributed by atoms with E-state index in [9.17, 15) is 0 Å². The molecule has 18 heavy (non-hydrogen) atoms. The Kier molecular flexibility index (Phi) is 6.47. The zero-order chi connectivity index (χ0) is 13.4. The Labute approximate surface area is 111 Å². The summed E-state index contributed by atoms with van der Waals surface area (Å²) in [5.41, 5.74) is 5.43. The molecule has 0 aromatic heterocycles. The van der Waals surface area contributed by atoms with Crippen LogP contribution in [0.25, 0.3) is 0 Å². The average molecular weight is 255 g/mol. The zero-order valence-corrected chi connectivity index (χ0v) is 11.9. The molecule has 0 heterocycles. The van der Waals surface area contributed by atoms with E-state index in [1.807, 2.05) is 13.8 Å². The third-order valence-electron chi connectivity index (χ3n) is 4.18. The predicted octanol–water partition coefficient (Wildman–Crippen LogP) is 2.71. The van der Waals surface area contributed by atoms with Gasteiger partial charge in [-0.2, -0.15) is 0 Å². The third-order valence-corrected chi connectivity index (χ3v) is 4.18. The number of nitrogens with two attached hydrogens (primary N) is 1. The van der Waals surface area contributed by atoms with Crippen molar-refractivity contribution < 1.29 is 5.21 Å². The monoisotopic (exact) mass is 255 g/mol. The van der Waals surface area contributed by atoms with Crippen LogP contribution in [0.1, 0.15) is 58.8 Å². The number of oxime groups is 1. The van der Waals surface area contributed by atoms with Gasteiger partial charge >= 0.3 is 0 Å². The van der Waals surface area contributed by atoms with Gasteiger partial charge < -0.3 is 16.3 Å². The lowest BCUT2D eigenvalue weighted by Crippen LogP contribution is -2.35. The summed E-state index contributed by atoms with van der Waals surface area (Å²) >= 11 is 0. The quantitative estimate of drug-likeness (QED) is 0.215. The zero-order valence-electron chi connectivity index (χ0n) is 11.9. The van der Waals surface area contributed by atoms with Gasteiger partial charge in [0.15, 0.2) is 0 Å². The lowest BCUT2D eigenvalue weighted by molar-refractivity contribution is 0.303. The van der Waals surface area contributed by atoms with Crippen molar-refractivity contribution in [3.05, 3.63) is 0 Å². The number of nitrogens with one attached hydrogen (secondary N) is 1. The topological polar surface area (TPSA) is 70.6 Å². The van der Waals surface area contributed by atoms with Gasteiger partial charge in [0.1, 0.15) is 5.84 Å². The normalized spacial score (nSPS) is 19.1. The molecule has 0 aliphatic heterocycles. The van der Waals surface area contributed by atoms with Crippen LogP contribution in [-0.4, -0.2) is 24.1 Å². The Morgan fingerprint density at radius 3 is 2.56 bits per heavy atom. The molecule has 1 aliphatic carbocycles. The minimum atomic E-state index is -0.230. The highest BCUT2D eigenvalue weighted by Crippen LogP contribution is 2.25. The van der Waals surface area contributed by atoms with Gasteiger partial charge in [-0.1, -0.05) is 51.1 Å². The molecule has 4 heteroatoms. The van der Waals surface area contributed by atoms with E-state index < -0.39 is 0 Å². The molecule has 0 amide bonds. The number of hydrogen-bond acceptors (Lipinski definition) is 3. The van der Waals surface area contributed by atoms with E-state index in [1.54, 1.807) is 0 Å². The maximum atomic E-state index is 8.69. The third kappa shape index (κ3) is 5.25. The van der Waals surface area contributed by atoms with Gasteiger partial charge in [-0.05, 0) is 31.8 Å². The standard InChI is InChI=1S/C14H29N3O/c1-14(2,13(15)17-18)9-11-16-10-8-12-6-4-3-5-7-12/h12,16,18H,3-11H2,1-2H3,(H2,15,17). The van der Waals surface area contributed by atoms with Crippen LogP contribution >= 0.6 is 0 Å². The molecule has 4 nitrogen and oxygen atoms in total. The van der Waals surface area contributed by atoms with Gasteiger partial charge in [0.25, 0.3) is 0 Å². The minimum absolute atomic E-state index is 0.230. The second-order valence-corrected chi connectivity index (χ2v) is 6.16. The van der Waals surface area contributed by atoms with Crippen molar-refractivity contribution in [1.29, 1.82) is 0 Å². The lowest BCUT2D eigenvalue weighted by atomic mass is 9.86. The van der Waals surface area contributed by atoms with E-state index in [0.29, 0.717) is 5.84 Å². The van der Waals surface area contributed by atoms with Crippen molar-refractivity contribution in [3.8, 4) is 0 Å². The lowest BCUT2D eigenvalue weighted by Gasteiger charge is -2.24. The first-order valence-electron chi connectivity index (χ1n) is 7.25. The molecule has 0 unspecified atom stereocenters. The highest BCUT2D eigenvalue weighted by atomic mass is 16.4. The fourth-order valence-electron chi connectivity index (χ4n) is 2.57. The summed E-state index contributed by atoms with van der Waals surface area (Å²) < 4.78 is 0. The van der Waals surface area contributed by atoms with Gasteiger partial charge in [-0.25, -0.2) is 0 Å². The number of hydrogen-bond donors (Lipinski definition) is 3. The smallest absolute Gasteiger partial charge is 0.144 e. The Hall–Kier alpha value is -0.770. The fourth-order valence-corrected chi connectivity index (χ4v) is 2.57. The van der Waals surface area contributed by atoms with Crippen molar-refractivity contribution >= 4 is 5.84 Å². The summed E-state index contributed by atoms with van der Waals surface area (Å²) in [6.07, 6.45) is 9.28. The average Bonchev–Trinajstić information content (AvgIpc) is 2.38. The molecule has 1 saturated carbocycles. The summed E-state index contributed by atoms with van der Waals surface area (Å²) in [4.78, 5) is 0. The Morgan fingerprint density at radius 1 is 1.28 bits per heavy atom. The van der Waals surface area contributed by atoms with Gasteiger partial charge in [-0.15, -0.1) is 0 Å². The SMILES string of the molecule is CC(C)(CCNCCC1CCCCC1)C(N)=NO. The molecule has 4 N–H and O–H groups in total. The summed E-state index contributed by atoms with van der Waals surface area (Å²) in [7, 11) is 0. The van der Waals surface area contributed by atoms with Gasteiger partial charge in [-0.3, -0.25) is 0 Å². The van der Waals surface area contributed by atoms with E-state index in [-0.39, 0.29) is 5.41 Å². The van der Waals surface area contributed by atoms with E-state index in [2.05, 4.69) is 10.5 Å². The van der Waals surface area contributed by atoms with Gasteiger partial charge in [0.05, 0.1) is 0 Å². The molecule has 1 aliphatic rings. The van der Waals surface area contributed by atoms with Gasteiger partial charge in [0, 0.05) is 5.41 Å². The molecule has 0 bridgehead atoms. The number of amidine groups is 1. The van der Waals surface area contributed by atoms with E-state index in [1.165, 1.54) is 38.5 Å². The van der Waals surface area contributed by atoms with E-state index in [0.717, 1.165) is 25.4 Å². The van der Waals surface area contributed by atoms with E-state index in [4.69, 9.17) is 10.9 Å². The van der Waals surface area contributed by atoms with Crippen LogP contribution in [0.3, 0.4) is 0 Å². The predicted molar refractivity (Wildman–Crippen MR) is 75.9 cm³/mol. The molecular weight excluding hydrogens is 226 g/mol. The minimum Gasteiger partial charge on any atom is -0.409 e. The van der Waals surface area contributed by atoms with Crippen molar-refractivity contribution in [2.45, 2.75) is 58.8 Å². The largest absolute Gasteiger partial charge is 0.409 e. The van der Waals surface area contributed by atoms with Crippen molar-refractivity contribution in [1.82, 2.24) is 5.32 Å². The van der Waals surface area contributed by atoms with Gasteiger partial charge in [0.2, 0.25) is 0 Å². The number of nitrogens with zero attached hydrogens (tertiary/aromatic N) is 1. The summed E-state index contributed by atoms with van der Waals surface area (Å²) in [6.45, 7) is 6.03. The Morgan fingerprint density at radius 2 is 1.94 bits per heavy atom. The summed E-state index contributed by atoms with van der Waals surface area (Å²) in [6, 6.07) is 0. The van der Waals surface area contributed by atoms with Crippen LogP contribution in [0.2, 0.25) is 0 Å². The molecule has 0 saturated heterocycles. The van der Waals surface area contributed by atoms with Crippen LogP contribution in [0.4, 0.5) is 0 Å². The summed E-state index contributed by atoms with van der Waals surface area (Å²) in [5, 5.41) is 15.3. The number of rotatable bonds is 7. The van der Waals surface area contributed by atoms with Crippen LogP contribution in [-0.2, 0) is 0 Å². The molecule has 0 radical (unpaired) electrons. The first-order chi connectivity index (χ1) is 8.56. The Balaban J connectivity index is 2.07. The molecule has 1 fully saturated rings. The second-order valence-electron chi connectivity index (χ2n) is 6.16. The van der Waals surface area contributed by atoms with E-state index >= 15 is 0 Å². The first kappa shape index (κ1) is 15.3. The molecule has 1 rings (SSSR count). The molecule has 0 atom stereocenters. The molecular formula is C14H29N3O. The molecule has 0 aromatic carbocycles. The van der Waals surface area contributed by atoms with Crippen LogP contribution in [0.5, 0.6) is 0 Å². The molecule has 106 valence electrons. The van der Waals surface area contributed by atoms with Crippen molar-refractivity contribution in [3.63, 3.8) is 0 Å². The highest BCUT2D eigenvalue weighted by molar-refractivity contribution is 5.85. The summed E-state index contributed by atoms with van der Waals surface area (Å²) in [5.74, 6) is 1.25. The second kappa shape index (κ2) is 7.62. The molecule has 0 aromatic rings. The fraction of sp³-hybridized carbons (Fsp3) is 0.929. The maximum Gasteiger partial charge on any atom is 0.144 e. The van der Waals surface area contributed by atoms with Crippen LogP contribution < -0.4 is 11.1 Å².